The van der Waals surface area contributed by atoms with Crippen molar-refractivity contribution in [2.24, 2.45) is 0 Å². The molecular formula is C18H19N3O4S. The van der Waals surface area contributed by atoms with Crippen molar-refractivity contribution in [1.82, 2.24) is 14.9 Å². The fourth-order valence-electron chi connectivity index (χ4n) is 2.36. The normalized spacial score (nSPS) is 11.5. The first-order valence-electron chi connectivity index (χ1n) is 8.03. The number of nitrogens with one attached hydrogen (secondary N) is 1. The van der Waals surface area contributed by atoms with Gasteiger partial charge in [0.05, 0.1) is 11.2 Å². The Bertz CT molecular complexity index is 968. The zero-order chi connectivity index (χ0) is 18.6. The Hall–Kier alpha value is -2.71. The highest BCUT2D eigenvalue weighted by Crippen LogP contribution is 2.18. The summed E-state index contributed by atoms with van der Waals surface area (Å²) >= 11 is 0. The predicted octanol–water partition coefficient (Wildman–Crippen LogP) is 2.71. The first-order valence-corrected chi connectivity index (χ1v) is 9.51. The van der Waals surface area contributed by atoms with Crippen LogP contribution in [0.4, 0.5) is 0 Å². The number of aromatic nitrogens is 2. The predicted molar refractivity (Wildman–Crippen MR) is 96.3 cm³/mol. The zero-order valence-corrected chi connectivity index (χ0v) is 15.3. The van der Waals surface area contributed by atoms with Gasteiger partial charge in [-0.15, -0.1) is 10.2 Å². The van der Waals surface area contributed by atoms with E-state index >= 15 is 0 Å². The molecule has 0 atom stereocenters. The number of sulfonamides is 1. The maximum atomic E-state index is 12.4. The van der Waals surface area contributed by atoms with Crippen LogP contribution in [0.5, 0.6) is 5.88 Å². The van der Waals surface area contributed by atoms with E-state index in [4.69, 9.17) is 9.15 Å². The molecule has 3 aromatic rings. The van der Waals surface area contributed by atoms with E-state index in [9.17, 15) is 8.42 Å². The van der Waals surface area contributed by atoms with Gasteiger partial charge >= 0.3 is 0 Å². The van der Waals surface area contributed by atoms with Crippen molar-refractivity contribution >= 4 is 10.0 Å². The second-order valence-corrected chi connectivity index (χ2v) is 7.48. The molecule has 3 rings (SSSR count). The van der Waals surface area contributed by atoms with Gasteiger partial charge < -0.3 is 9.15 Å². The molecule has 2 aromatic heterocycles. The second-order valence-electron chi connectivity index (χ2n) is 5.75. The van der Waals surface area contributed by atoms with Gasteiger partial charge in [-0.2, -0.15) is 0 Å². The van der Waals surface area contributed by atoms with Crippen LogP contribution in [0.1, 0.15) is 11.1 Å². The third-order valence-electron chi connectivity index (χ3n) is 3.69. The maximum Gasteiger partial charge on any atom is 0.240 e. The molecule has 0 saturated carbocycles. The summed E-state index contributed by atoms with van der Waals surface area (Å²) in [7, 11) is -3.58. The summed E-state index contributed by atoms with van der Waals surface area (Å²) in [6.45, 7) is 3.88. The van der Waals surface area contributed by atoms with E-state index in [0.29, 0.717) is 22.9 Å². The van der Waals surface area contributed by atoms with Gasteiger partial charge in [0, 0.05) is 12.6 Å². The van der Waals surface area contributed by atoms with Crippen LogP contribution in [0.25, 0.3) is 11.5 Å². The molecule has 0 saturated heterocycles. The summed E-state index contributed by atoms with van der Waals surface area (Å²) in [6.07, 6.45) is 1.56. The minimum atomic E-state index is -3.58. The van der Waals surface area contributed by atoms with Gasteiger partial charge in [0.1, 0.15) is 12.3 Å². The van der Waals surface area contributed by atoms with E-state index in [2.05, 4.69) is 14.9 Å². The molecule has 7 nitrogen and oxygen atoms in total. The van der Waals surface area contributed by atoms with E-state index < -0.39 is 10.0 Å². The van der Waals surface area contributed by atoms with Crippen molar-refractivity contribution in [3.63, 3.8) is 0 Å². The van der Waals surface area contributed by atoms with Crippen molar-refractivity contribution in [3.05, 3.63) is 59.9 Å². The summed E-state index contributed by atoms with van der Waals surface area (Å²) < 4.78 is 38.0. The fraction of sp³-hybridized carbons (Fsp3) is 0.222. The lowest BCUT2D eigenvalue weighted by Crippen LogP contribution is -2.29. The molecule has 0 fully saturated rings. The Morgan fingerprint density at radius 1 is 1.12 bits per heavy atom. The number of hydrogen-bond donors (Lipinski definition) is 1. The molecule has 0 aliphatic carbocycles. The van der Waals surface area contributed by atoms with Crippen LogP contribution in [0.3, 0.4) is 0 Å². The van der Waals surface area contributed by atoms with Gasteiger partial charge in [-0.3, -0.25) is 0 Å². The van der Waals surface area contributed by atoms with Gasteiger partial charge in [-0.1, -0.05) is 12.1 Å². The van der Waals surface area contributed by atoms with E-state index in [0.717, 1.165) is 5.56 Å². The minimum absolute atomic E-state index is 0.122. The highest BCUT2D eigenvalue weighted by Gasteiger charge is 2.16. The molecule has 1 N–H and O–H groups in total. The highest BCUT2D eigenvalue weighted by molar-refractivity contribution is 7.89. The molecule has 0 unspecified atom stereocenters. The lowest BCUT2D eigenvalue weighted by atomic mass is 10.2. The van der Waals surface area contributed by atoms with Gasteiger partial charge in [-0.25, -0.2) is 13.1 Å². The Balaban J connectivity index is 1.54. The standard InChI is InChI=1S/C18H19N3O4S/c1-13-5-6-14(2)17(12-13)26(22,23)19-9-11-25-18-8-7-15(20-21-18)16-4-3-10-24-16/h3-8,10,12,19H,9,11H2,1-2H3. The van der Waals surface area contributed by atoms with Crippen molar-refractivity contribution in [1.29, 1.82) is 0 Å². The Morgan fingerprint density at radius 3 is 2.65 bits per heavy atom. The van der Waals surface area contributed by atoms with Crippen LogP contribution in [-0.2, 0) is 10.0 Å². The van der Waals surface area contributed by atoms with E-state index in [1.54, 1.807) is 49.6 Å². The number of nitrogens with zero attached hydrogens (tertiary/aromatic N) is 2. The summed E-state index contributed by atoms with van der Waals surface area (Å²) in [6, 6.07) is 12.2. The number of hydrogen-bond acceptors (Lipinski definition) is 6. The molecule has 0 aliphatic heterocycles. The monoisotopic (exact) mass is 373 g/mol. The molecule has 136 valence electrons. The van der Waals surface area contributed by atoms with Gasteiger partial charge in [-0.05, 0) is 49.2 Å². The van der Waals surface area contributed by atoms with Crippen molar-refractivity contribution < 1.29 is 17.6 Å². The number of rotatable bonds is 7. The van der Waals surface area contributed by atoms with Crippen LogP contribution < -0.4 is 9.46 Å². The van der Waals surface area contributed by atoms with Crippen LogP contribution in [0, 0.1) is 13.8 Å². The average Bonchev–Trinajstić information content (AvgIpc) is 3.16. The molecule has 0 spiro atoms. The lowest BCUT2D eigenvalue weighted by molar-refractivity contribution is 0.307. The maximum absolute atomic E-state index is 12.4. The van der Waals surface area contributed by atoms with Gasteiger partial charge in [0.15, 0.2) is 5.76 Å². The SMILES string of the molecule is Cc1ccc(C)c(S(=O)(=O)NCCOc2ccc(-c3ccco3)nn2)c1. The largest absolute Gasteiger partial charge is 0.475 e. The van der Waals surface area contributed by atoms with Crippen molar-refractivity contribution in [2.75, 3.05) is 13.2 Å². The topological polar surface area (TPSA) is 94.3 Å². The number of benzene rings is 1. The third-order valence-corrected chi connectivity index (χ3v) is 5.29. The molecule has 1 aromatic carbocycles. The second kappa shape index (κ2) is 7.67. The van der Waals surface area contributed by atoms with Gasteiger partial charge in [0.25, 0.3) is 0 Å². The first-order chi connectivity index (χ1) is 12.5. The Morgan fingerprint density at radius 2 is 1.96 bits per heavy atom. The molecule has 8 heteroatoms. The quantitative estimate of drug-likeness (QED) is 0.640. The minimum Gasteiger partial charge on any atom is -0.475 e. The summed E-state index contributed by atoms with van der Waals surface area (Å²) in [5.41, 5.74) is 2.18. The van der Waals surface area contributed by atoms with Crippen LogP contribution in [0.2, 0.25) is 0 Å². The van der Waals surface area contributed by atoms with Crippen LogP contribution in [0.15, 0.2) is 58.0 Å². The number of furan rings is 1. The third kappa shape index (κ3) is 4.27. The molecular weight excluding hydrogens is 354 g/mol. The summed E-state index contributed by atoms with van der Waals surface area (Å²) in [5.74, 6) is 0.927. The zero-order valence-electron chi connectivity index (χ0n) is 14.5. The number of aryl methyl sites for hydroxylation is 2. The van der Waals surface area contributed by atoms with E-state index in [-0.39, 0.29) is 18.0 Å². The lowest BCUT2D eigenvalue weighted by Gasteiger charge is -2.10. The van der Waals surface area contributed by atoms with Crippen molar-refractivity contribution in [3.8, 4) is 17.3 Å². The molecule has 0 aliphatic rings. The summed E-state index contributed by atoms with van der Waals surface area (Å²) in [5, 5.41) is 7.95. The van der Waals surface area contributed by atoms with Crippen LogP contribution >= 0.6 is 0 Å². The average molecular weight is 373 g/mol. The molecule has 0 bridgehead atoms. The smallest absolute Gasteiger partial charge is 0.240 e. The highest BCUT2D eigenvalue weighted by atomic mass is 32.2. The number of ether oxygens (including phenoxy) is 1. The fourth-order valence-corrected chi connectivity index (χ4v) is 3.70. The van der Waals surface area contributed by atoms with Crippen molar-refractivity contribution in [2.45, 2.75) is 18.7 Å². The van der Waals surface area contributed by atoms with Gasteiger partial charge in [0.2, 0.25) is 15.9 Å². The molecule has 0 amide bonds. The first kappa shape index (κ1) is 18.1. The van der Waals surface area contributed by atoms with E-state index in [1.807, 2.05) is 13.0 Å². The Labute approximate surface area is 152 Å². The molecule has 0 radical (unpaired) electrons. The van der Waals surface area contributed by atoms with Crippen LogP contribution in [-0.4, -0.2) is 31.8 Å². The molecule has 26 heavy (non-hydrogen) atoms. The molecule has 2 heterocycles. The van der Waals surface area contributed by atoms with E-state index in [1.165, 1.54) is 0 Å². The Kier molecular flexibility index (Phi) is 5.34. The summed E-state index contributed by atoms with van der Waals surface area (Å²) in [4.78, 5) is 0.278.